The van der Waals surface area contributed by atoms with Crippen LogP contribution in [0.5, 0.6) is 0 Å². The van der Waals surface area contributed by atoms with Crippen molar-refractivity contribution in [2.24, 2.45) is 5.92 Å². The normalized spacial score (nSPS) is 25.6. The minimum Gasteiger partial charge on any atom is -0.317 e. The summed E-state index contributed by atoms with van der Waals surface area (Å²) < 4.78 is 0. The van der Waals surface area contributed by atoms with Gasteiger partial charge < -0.3 is 15.5 Å². The summed E-state index contributed by atoms with van der Waals surface area (Å²) in [5, 5.41) is 7.12. The van der Waals surface area contributed by atoms with Crippen LogP contribution in [0.3, 0.4) is 0 Å². The van der Waals surface area contributed by atoms with Gasteiger partial charge in [-0.05, 0) is 57.8 Å². The molecule has 2 N–H and O–H groups in total. The van der Waals surface area contributed by atoms with E-state index >= 15 is 0 Å². The highest BCUT2D eigenvalue weighted by Crippen LogP contribution is 2.17. The predicted octanol–water partition coefficient (Wildman–Crippen LogP) is 1.45. The number of nitrogens with one attached hydrogen (secondary N) is 2. The molecule has 17 heavy (non-hydrogen) atoms. The van der Waals surface area contributed by atoms with Gasteiger partial charge in [-0.25, -0.2) is 0 Å². The first kappa shape index (κ1) is 13.3. The van der Waals surface area contributed by atoms with E-state index in [-0.39, 0.29) is 0 Å². The summed E-state index contributed by atoms with van der Waals surface area (Å²) in [4.78, 5) is 2.69. The quantitative estimate of drug-likeness (QED) is 0.777. The van der Waals surface area contributed by atoms with Gasteiger partial charge in [-0.1, -0.05) is 13.8 Å². The zero-order chi connectivity index (χ0) is 12.1. The highest BCUT2D eigenvalue weighted by atomic mass is 15.1. The summed E-state index contributed by atoms with van der Waals surface area (Å²) in [6, 6.07) is 1.40. The van der Waals surface area contributed by atoms with Crippen LogP contribution in [0.25, 0.3) is 0 Å². The maximum absolute atomic E-state index is 3.67. The molecule has 2 aliphatic heterocycles. The molecule has 0 bridgehead atoms. The van der Waals surface area contributed by atoms with Gasteiger partial charge in [0.05, 0.1) is 0 Å². The lowest BCUT2D eigenvalue weighted by molar-refractivity contribution is 0.156. The first-order valence-electron chi connectivity index (χ1n) is 7.43. The van der Waals surface area contributed by atoms with E-state index in [2.05, 4.69) is 29.4 Å². The van der Waals surface area contributed by atoms with Crippen molar-refractivity contribution in [1.29, 1.82) is 0 Å². The topological polar surface area (TPSA) is 27.3 Å². The molecule has 0 aliphatic carbocycles. The minimum atomic E-state index is 0.635. The fraction of sp³-hybridized carbons (Fsp3) is 1.00. The van der Waals surface area contributed by atoms with E-state index in [1.807, 2.05) is 0 Å². The van der Waals surface area contributed by atoms with Gasteiger partial charge in [0.15, 0.2) is 0 Å². The van der Waals surface area contributed by atoms with E-state index in [9.17, 15) is 0 Å². The molecule has 0 aromatic carbocycles. The molecule has 2 heterocycles. The Balaban J connectivity index is 1.64. The van der Waals surface area contributed by atoms with Gasteiger partial charge in [-0.15, -0.1) is 0 Å². The second-order valence-electron chi connectivity index (χ2n) is 6.09. The van der Waals surface area contributed by atoms with Crippen LogP contribution in [0.4, 0.5) is 0 Å². The van der Waals surface area contributed by atoms with E-state index in [4.69, 9.17) is 0 Å². The molecule has 0 spiro atoms. The van der Waals surface area contributed by atoms with E-state index in [0.29, 0.717) is 6.04 Å². The van der Waals surface area contributed by atoms with E-state index in [0.717, 1.165) is 12.0 Å². The molecule has 0 aromatic heterocycles. The SMILES string of the molecule is CC(C)NC1CCN(CC2CCNCC2)CC1. The third-order valence-corrected chi connectivity index (χ3v) is 4.13. The second-order valence-corrected chi connectivity index (χ2v) is 6.09. The Hall–Kier alpha value is -0.120. The predicted molar refractivity (Wildman–Crippen MR) is 73.3 cm³/mol. The van der Waals surface area contributed by atoms with Gasteiger partial charge in [0.25, 0.3) is 0 Å². The van der Waals surface area contributed by atoms with Gasteiger partial charge in [0, 0.05) is 18.6 Å². The lowest BCUT2D eigenvalue weighted by Gasteiger charge is -2.36. The molecule has 0 unspecified atom stereocenters. The Labute approximate surface area is 106 Å². The van der Waals surface area contributed by atoms with Crippen LogP contribution in [0.2, 0.25) is 0 Å². The fourth-order valence-electron chi connectivity index (χ4n) is 3.18. The number of rotatable bonds is 4. The van der Waals surface area contributed by atoms with Crippen molar-refractivity contribution in [3.63, 3.8) is 0 Å². The zero-order valence-electron chi connectivity index (χ0n) is 11.5. The minimum absolute atomic E-state index is 0.635. The lowest BCUT2D eigenvalue weighted by Crippen LogP contribution is -2.46. The Morgan fingerprint density at radius 2 is 1.76 bits per heavy atom. The van der Waals surface area contributed by atoms with Gasteiger partial charge in [0.2, 0.25) is 0 Å². The Morgan fingerprint density at radius 1 is 1.12 bits per heavy atom. The Morgan fingerprint density at radius 3 is 2.35 bits per heavy atom. The number of hydrogen-bond acceptors (Lipinski definition) is 3. The van der Waals surface area contributed by atoms with Crippen molar-refractivity contribution in [2.75, 3.05) is 32.7 Å². The molecule has 3 nitrogen and oxygen atoms in total. The Kier molecular flexibility index (Phi) is 5.26. The molecule has 0 aromatic rings. The van der Waals surface area contributed by atoms with E-state index in [1.54, 1.807) is 0 Å². The molecule has 0 atom stereocenters. The van der Waals surface area contributed by atoms with Gasteiger partial charge in [-0.2, -0.15) is 0 Å². The van der Waals surface area contributed by atoms with Crippen LogP contribution in [0, 0.1) is 5.92 Å². The zero-order valence-corrected chi connectivity index (χ0v) is 11.5. The first-order valence-corrected chi connectivity index (χ1v) is 7.43. The number of nitrogens with zero attached hydrogens (tertiary/aromatic N) is 1. The van der Waals surface area contributed by atoms with Gasteiger partial charge in [0.1, 0.15) is 0 Å². The van der Waals surface area contributed by atoms with Crippen LogP contribution < -0.4 is 10.6 Å². The lowest BCUT2D eigenvalue weighted by atomic mass is 9.95. The van der Waals surface area contributed by atoms with Crippen molar-refractivity contribution in [3.05, 3.63) is 0 Å². The summed E-state index contributed by atoms with van der Waals surface area (Å²) in [5.74, 6) is 0.950. The molecular weight excluding hydrogens is 210 g/mol. The molecule has 0 amide bonds. The van der Waals surface area contributed by atoms with Crippen LogP contribution in [0.15, 0.2) is 0 Å². The second kappa shape index (κ2) is 6.72. The molecule has 100 valence electrons. The molecule has 2 fully saturated rings. The fourth-order valence-corrected chi connectivity index (χ4v) is 3.18. The van der Waals surface area contributed by atoms with Crippen LogP contribution in [-0.4, -0.2) is 49.7 Å². The standard InChI is InChI=1S/C14H29N3/c1-12(2)16-14-5-9-17(10-6-14)11-13-3-7-15-8-4-13/h12-16H,3-11H2,1-2H3. The average Bonchev–Trinajstić information content (AvgIpc) is 2.32. The van der Waals surface area contributed by atoms with Crippen molar-refractivity contribution in [3.8, 4) is 0 Å². The van der Waals surface area contributed by atoms with Gasteiger partial charge in [-0.3, -0.25) is 0 Å². The highest BCUT2D eigenvalue weighted by Gasteiger charge is 2.22. The first-order chi connectivity index (χ1) is 8.24. The van der Waals surface area contributed by atoms with E-state index in [1.165, 1.54) is 58.4 Å². The number of piperidine rings is 2. The summed E-state index contributed by atoms with van der Waals surface area (Å²) in [6.07, 6.45) is 5.43. The average molecular weight is 239 g/mol. The molecule has 0 saturated carbocycles. The monoisotopic (exact) mass is 239 g/mol. The third kappa shape index (κ3) is 4.57. The molecule has 2 saturated heterocycles. The van der Waals surface area contributed by atoms with Crippen molar-refractivity contribution >= 4 is 0 Å². The van der Waals surface area contributed by atoms with Gasteiger partial charge >= 0.3 is 0 Å². The molecular formula is C14H29N3. The molecule has 0 radical (unpaired) electrons. The third-order valence-electron chi connectivity index (χ3n) is 4.13. The number of likely N-dealkylation sites (tertiary alicyclic amines) is 1. The smallest absolute Gasteiger partial charge is 0.00937 e. The Bertz CT molecular complexity index is 204. The maximum Gasteiger partial charge on any atom is 0.00937 e. The summed E-state index contributed by atoms with van der Waals surface area (Å²) in [5.41, 5.74) is 0. The van der Waals surface area contributed by atoms with Crippen molar-refractivity contribution < 1.29 is 0 Å². The van der Waals surface area contributed by atoms with Crippen LogP contribution >= 0.6 is 0 Å². The van der Waals surface area contributed by atoms with E-state index < -0.39 is 0 Å². The molecule has 2 aliphatic rings. The van der Waals surface area contributed by atoms with Crippen LogP contribution in [-0.2, 0) is 0 Å². The largest absolute Gasteiger partial charge is 0.317 e. The molecule has 2 rings (SSSR count). The summed E-state index contributed by atoms with van der Waals surface area (Å²) >= 11 is 0. The maximum atomic E-state index is 3.67. The highest BCUT2D eigenvalue weighted by molar-refractivity contribution is 4.80. The summed E-state index contributed by atoms with van der Waals surface area (Å²) in [6.45, 7) is 10.9. The van der Waals surface area contributed by atoms with Crippen molar-refractivity contribution in [1.82, 2.24) is 15.5 Å². The van der Waals surface area contributed by atoms with Crippen molar-refractivity contribution in [2.45, 2.75) is 51.6 Å². The summed E-state index contributed by atoms with van der Waals surface area (Å²) in [7, 11) is 0. The van der Waals surface area contributed by atoms with Crippen LogP contribution in [0.1, 0.15) is 39.5 Å². The molecule has 3 heteroatoms. The number of hydrogen-bond donors (Lipinski definition) is 2.